The number of amides is 1. The van der Waals surface area contributed by atoms with Gasteiger partial charge in [0.1, 0.15) is 0 Å². The summed E-state index contributed by atoms with van der Waals surface area (Å²) in [4.78, 5) is 29.9. The van der Waals surface area contributed by atoms with Gasteiger partial charge in [-0.2, -0.15) is 0 Å². The van der Waals surface area contributed by atoms with Crippen molar-refractivity contribution >= 4 is 28.3 Å². The van der Waals surface area contributed by atoms with Gasteiger partial charge in [-0.25, -0.2) is 4.98 Å². The largest absolute Gasteiger partial charge is 0.481 e. The van der Waals surface area contributed by atoms with E-state index in [0.29, 0.717) is 11.0 Å². The molecule has 0 aromatic carbocycles. The van der Waals surface area contributed by atoms with Crippen LogP contribution in [0.5, 0.6) is 0 Å². The van der Waals surface area contributed by atoms with Crippen LogP contribution in [-0.4, -0.2) is 22.0 Å². The topological polar surface area (TPSA) is 79.3 Å². The molecule has 3 rings (SSSR count). The highest BCUT2D eigenvalue weighted by Gasteiger charge is 2.54. The summed E-state index contributed by atoms with van der Waals surface area (Å²) in [7, 11) is 0. The molecule has 1 aromatic rings. The number of carbonyl (C=O) groups excluding carboxylic acids is 1. The van der Waals surface area contributed by atoms with Crippen molar-refractivity contribution < 1.29 is 14.7 Å². The Balaban J connectivity index is 1.73. The smallest absolute Gasteiger partial charge is 0.307 e. The van der Waals surface area contributed by atoms with Gasteiger partial charge < -0.3 is 10.4 Å². The van der Waals surface area contributed by atoms with Crippen LogP contribution in [0.25, 0.3) is 0 Å². The van der Waals surface area contributed by atoms with E-state index in [-0.39, 0.29) is 17.7 Å². The number of rotatable bonds is 5. The zero-order valence-electron chi connectivity index (χ0n) is 13.8. The molecule has 2 aliphatic rings. The third kappa shape index (κ3) is 3.13. The van der Waals surface area contributed by atoms with E-state index in [2.05, 4.69) is 24.1 Å². The molecule has 1 aromatic heterocycles. The third-order valence-corrected chi connectivity index (χ3v) is 6.16. The lowest BCUT2D eigenvalue weighted by atomic mass is 9.79. The maximum atomic E-state index is 12.7. The van der Waals surface area contributed by atoms with Gasteiger partial charge in [0.25, 0.3) is 0 Å². The van der Waals surface area contributed by atoms with Crippen molar-refractivity contribution in [1.29, 1.82) is 0 Å². The van der Waals surface area contributed by atoms with E-state index < -0.39 is 17.8 Å². The van der Waals surface area contributed by atoms with Crippen molar-refractivity contribution in [1.82, 2.24) is 4.98 Å². The number of aryl methyl sites for hydroxylation is 1. The molecule has 0 spiro atoms. The van der Waals surface area contributed by atoms with Crippen LogP contribution in [0.15, 0.2) is 0 Å². The summed E-state index contributed by atoms with van der Waals surface area (Å²) in [5.41, 5.74) is 1.03. The molecule has 1 heterocycles. The van der Waals surface area contributed by atoms with Crippen LogP contribution in [-0.2, 0) is 16.0 Å². The van der Waals surface area contributed by atoms with E-state index in [0.717, 1.165) is 36.3 Å². The Morgan fingerprint density at radius 3 is 2.57 bits per heavy atom. The number of carboxylic acid groups (broad SMARTS) is 1. The molecular weight excluding hydrogens is 312 g/mol. The molecule has 2 bridgehead atoms. The van der Waals surface area contributed by atoms with Gasteiger partial charge in [0.15, 0.2) is 5.13 Å². The zero-order valence-corrected chi connectivity index (χ0v) is 14.7. The van der Waals surface area contributed by atoms with Crippen LogP contribution in [0.1, 0.15) is 43.7 Å². The van der Waals surface area contributed by atoms with Gasteiger partial charge in [0.2, 0.25) is 5.91 Å². The first-order valence-electron chi connectivity index (χ1n) is 8.36. The Labute approximate surface area is 140 Å². The third-order valence-electron chi connectivity index (χ3n) is 5.23. The van der Waals surface area contributed by atoms with Gasteiger partial charge in [-0.05, 0) is 50.4 Å². The lowest BCUT2D eigenvalue weighted by Crippen LogP contribution is -2.37. The number of thiazole rings is 1. The van der Waals surface area contributed by atoms with Crippen molar-refractivity contribution in [3.63, 3.8) is 0 Å². The number of aliphatic carboxylic acids is 1. The molecule has 0 radical (unpaired) electrons. The van der Waals surface area contributed by atoms with Crippen molar-refractivity contribution in [2.45, 2.75) is 46.5 Å². The maximum absolute atomic E-state index is 12.7. The van der Waals surface area contributed by atoms with Gasteiger partial charge in [-0.3, -0.25) is 9.59 Å². The van der Waals surface area contributed by atoms with Crippen LogP contribution in [0.3, 0.4) is 0 Å². The fraction of sp³-hybridized carbons (Fsp3) is 0.706. The van der Waals surface area contributed by atoms with Crippen LogP contribution in [0.4, 0.5) is 5.13 Å². The number of fused-ring (bicyclic) bond motifs is 2. The van der Waals surface area contributed by atoms with Crippen LogP contribution in [0, 0.1) is 36.5 Å². The standard InChI is InChI=1S/C17H24N2O3S/c1-8(2)6-12-9(3)23-17(18-12)19-15(20)13-10-4-5-11(7-10)14(13)16(21)22/h8,10-11,13-14H,4-7H2,1-3H3,(H,21,22)(H,18,19,20)/t10-,11-,13+,14-/m0/s1. The first kappa shape index (κ1) is 16.4. The SMILES string of the molecule is Cc1sc(NC(=O)[C@@H]2[C@H]3CC[C@@H](C3)[C@@H]2C(=O)O)nc1CC(C)C. The predicted molar refractivity (Wildman–Crippen MR) is 89.5 cm³/mol. The molecule has 1 amide bonds. The normalized spacial score (nSPS) is 29.2. The molecule has 2 fully saturated rings. The average molecular weight is 336 g/mol. The van der Waals surface area contributed by atoms with Crippen molar-refractivity contribution in [3.05, 3.63) is 10.6 Å². The van der Waals surface area contributed by atoms with Crippen LogP contribution >= 0.6 is 11.3 Å². The van der Waals surface area contributed by atoms with Crippen molar-refractivity contribution in [2.75, 3.05) is 5.32 Å². The Morgan fingerprint density at radius 1 is 1.30 bits per heavy atom. The summed E-state index contributed by atoms with van der Waals surface area (Å²) < 4.78 is 0. The van der Waals surface area contributed by atoms with E-state index in [1.165, 1.54) is 11.3 Å². The highest BCUT2D eigenvalue weighted by molar-refractivity contribution is 7.15. The minimum Gasteiger partial charge on any atom is -0.481 e. The summed E-state index contributed by atoms with van der Waals surface area (Å²) in [6.45, 7) is 6.30. The molecule has 2 N–H and O–H groups in total. The number of hydrogen-bond donors (Lipinski definition) is 2. The highest BCUT2D eigenvalue weighted by Crippen LogP contribution is 2.52. The molecule has 2 aliphatic carbocycles. The van der Waals surface area contributed by atoms with E-state index in [9.17, 15) is 14.7 Å². The lowest BCUT2D eigenvalue weighted by Gasteiger charge is -2.26. The minimum absolute atomic E-state index is 0.158. The number of anilines is 1. The summed E-state index contributed by atoms with van der Waals surface area (Å²) in [5, 5.41) is 13.0. The number of aromatic nitrogens is 1. The number of carboxylic acids is 1. The molecule has 6 heteroatoms. The van der Waals surface area contributed by atoms with Crippen molar-refractivity contribution in [3.8, 4) is 0 Å². The molecule has 23 heavy (non-hydrogen) atoms. The average Bonchev–Trinajstić information content (AvgIpc) is 3.13. The summed E-state index contributed by atoms with van der Waals surface area (Å²) in [5.74, 6) is -1.00. The van der Waals surface area contributed by atoms with Gasteiger partial charge in [0, 0.05) is 4.88 Å². The molecule has 0 unspecified atom stereocenters. The molecule has 2 saturated carbocycles. The van der Waals surface area contributed by atoms with Crippen LogP contribution in [0.2, 0.25) is 0 Å². The Morgan fingerprint density at radius 2 is 1.96 bits per heavy atom. The molecule has 126 valence electrons. The fourth-order valence-electron chi connectivity index (χ4n) is 4.27. The van der Waals surface area contributed by atoms with Gasteiger partial charge in [0.05, 0.1) is 17.5 Å². The molecule has 4 atom stereocenters. The van der Waals surface area contributed by atoms with E-state index in [1.807, 2.05) is 6.92 Å². The summed E-state index contributed by atoms with van der Waals surface area (Å²) in [6, 6.07) is 0. The fourth-order valence-corrected chi connectivity index (χ4v) is 5.11. The second-order valence-electron chi connectivity index (χ2n) is 7.33. The molecule has 0 aliphatic heterocycles. The van der Waals surface area contributed by atoms with Gasteiger partial charge in [-0.15, -0.1) is 11.3 Å². The van der Waals surface area contributed by atoms with Gasteiger partial charge >= 0.3 is 5.97 Å². The Bertz CT molecular complexity index is 625. The maximum Gasteiger partial charge on any atom is 0.307 e. The minimum atomic E-state index is -0.826. The second kappa shape index (κ2) is 6.23. The first-order valence-corrected chi connectivity index (χ1v) is 9.18. The van der Waals surface area contributed by atoms with E-state index in [4.69, 9.17) is 0 Å². The summed E-state index contributed by atoms with van der Waals surface area (Å²) >= 11 is 1.48. The second-order valence-corrected chi connectivity index (χ2v) is 8.54. The zero-order chi connectivity index (χ0) is 16.7. The van der Waals surface area contributed by atoms with E-state index in [1.54, 1.807) is 0 Å². The first-order chi connectivity index (χ1) is 10.9. The Hall–Kier alpha value is -1.43. The number of hydrogen-bond acceptors (Lipinski definition) is 4. The van der Waals surface area contributed by atoms with Gasteiger partial charge in [-0.1, -0.05) is 13.8 Å². The van der Waals surface area contributed by atoms with E-state index >= 15 is 0 Å². The Kier molecular flexibility index (Phi) is 4.45. The number of nitrogens with one attached hydrogen (secondary N) is 1. The quantitative estimate of drug-likeness (QED) is 0.864. The number of carbonyl (C=O) groups is 2. The molecule has 5 nitrogen and oxygen atoms in total. The predicted octanol–water partition coefficient (Wildman–Crippen LogP) is 3.34. The molecular formula is C17H24N2O3S. The monoisotopic (exact) mass is 336 g/mol. The summed E-state index contributed by atoms with van der Waals surface area (Å²) in [6.07, 6.45) is 3.69. The lowest BCUT2D eigenvalue weighted by molar-refractivity contribution is -0.148. The highest BCUT2D eigenvalue weighted by atomic mass is 32.1. The molecule has 0 saturated heterocycles. The number of nitrogens with zero attached hydrogens (tertiary/aromatic N) is 1. The van der Waals surface area contributed by atoms with Crippen molar-refractivity contribution in [2.24, 2.45) is 29.6 Å². The van der Waals surface area contributed by atoms with Crippen LogP contribution < -0.4 is 5.32 Å².